The van der Waals surface area contributed by atoms with Gasteiger partial charge in [-0.15, -0.1) is 10.2 Å². The van der Waals surface area contributed by atoms with Gasteiger partial charge in [0.05, 0.1) is 17.4 Å². The monoisotopic (exact) mass is 407 g/mol. The Balaban J connectivity index is 1.67. The third kappa shape index (κ3) is 3.56. The Bertz CT molecular complexity index is 1220. The Kier molecular flexibility index (Phi) is 4.97. The molecule has 0 aliphatic carbocycles. The lowest BCUT2D eigenvalue weighted by atomic mass is 10.1. The molecule has 8 heteroatoms. The molecule has 0 radical (unpaired) electrons. The summed E-state index contributed by atoms with van der Waals surface area (Å²) >= 11 is 6.11. The summed E-state index contributed by atoms with van der Waals surface area (Å²) < 4.78 is 5.85. The number of nitrogens with one attached hydrogen (secondary N) is 2. The number of fused-ring (bicyclic) bond motifs is 1. The normalized spacial score (nSPS) is 13.2. The van der Waals surface area contributed by atoms with Crippen LogP contribution in [0.5, 0.6) is 0 Å². The highest BCUT2D eigenvalue weighted by atomic mass is 35.5. The summed E-state index contributed by atoms with van der Waals surface area (Å²) in [5.41, 5.74) is 3.39. The number of H-pyrrole nitrogens is 1. The minimum absolute atomic E-state index is 0.223. The second kappa shape index (κ2) is 7.59. The standard InChI is InChI=1S/C21H18ClN5O2/c1-11-15(10-23)18(6-4-16(11)22)25-19(12(2)28)21-27-26-20(29-21)14-3-5-17-13(9-14)7-8-24-17/h3-9,12,19,24-25,28H,1-2H3/t12-,19+/m0/s1. The van der Waals surface area contributed by atoms with Crippen molar-refractivity contribution in [3.8, 4) is 17.5 Å². The van der Waals surface area contributed by atoms with Crippen LogP contribution in [0.25, 0.3) is 22.4 Å². The second-order valence-corrected chi connectivity index (χ2v) is 7.20. The summed E-state index contributed by atoms with van der Waals surface area (Å²) in [4.78, 5) is 3.14. The van der Waals surface area contributed by atoms with E-state index in [-0.39, 0.29) is 5.89 Å². The predicted molar refractivity (Wildman–Crippen MR) is 111 cm³/mol. The molecule has 0 aliphatic rings. The van der Waals surface area contributed by atoms with Crippen molar-refractivity contribution in [2.24, 2.45) is 0 Å². The number of aromatic amines is 1. The lowest BCUT2D eigenvalue weighted by Crippen LogP contribution is -2.23. The minimum Gasteiger partial charge on any atom is -0.418 e. The molecule has 0 bridgehead atoms. The number of benzene rings is 2. The van der Waals surface area contributed by atoms with Crippen LogP contribution in [-0.2, 0) is 0 Å². The van der Waals surface area contributed by atoms with Gasteiger partial charge in [-0.3, -0.25) is 0 Å². The summed E-state index contributed by atoms with van der Waals surface area (Å²) in [6, 6.07) is 12.6. The third-order valence-electron chi connectivity index (χ3n) is 4.81. The molecule has 146 valence electrons. The first kappa shape index (κ1) is 19.0. The fourth-order valence-electron chi connectivity index (χ4n) is 3.17. The maximum absolute atomic E-state index is 10.3. The summed E-state index contributed by atoms with van der Waals surface area (Å²) in [6.45, 7) is 3.38. The molecule has 2 heterocycles. The van der Waals surface area contributed by atoms with Gasteiger partial charge in [-0.2, -0.15) is 5.26 Å². The Hall–Kier alpha value is -3.34. The quantitative estimate of drug-likeness (QED) is 0.446. The lowest BCUT2D eigenvalue weighted by molar-refractivity contribution is 0.159. The van der Waals surface area contributed by atoms with Crippen molar-refractivity contribution in [1.29, 1.82) is 5.26 Å². The van der Waals surface area contributed by atoms with Gasteiger partial charge in [-0.1, -0.05) is 11.6 Å². The Morgan fingerprint density at radius 3 is 2.83 bits per heavy atom. The van der Waals surface area contributed by atoms with Crippen molar-refractivity contribution in [2.75, 3.05) is 5.32 Å². The smallest absolute Gasteiger partial charge is 0.247 e. The molecule has 4 rings (SSSR count). The molecule has 0 unspecified atom stereocenters. The van der Waals surface area contributed by atoms with Gasteiger partial charge in [0.25, 0.3) is 0 Å². The first-order chi connectivity index (χ1) is 14.0. The van der Waals surface area contributed by atoms with Crippen LogP contribution in [0.1, 0.15) is 30.0 Å². The maximum atomic E-state index is 10.3. The van der Waals surface area contributed by atoms with Crippen LogP contribution in [0.2, 0.25) is 5.02 Å². The highest BCUT2D eigenvalue weighted by molar-refractivity contribution is 6.31. The van der Waals surface area contributed by atoms with Gasteiger partial charge in [-0.05, 0) is 55.8 Å². The molecular formula is C21H18ClN5O2. The summed E-state index contributed by atoms with van der Waals surface area (Å²) in [7, 11) is 0. The zero-order valence-electron chi connectivity index (χ0n) is 15.8. The van der Waals surface area contributed by atoms with Crippen LogP contribution >= 0.6 is 11.6 Å². The summed E-state index contributed by atoms with van der Waals surface area (Å²) in [5, 5.41) is 32.7. The van der Waals surface area contributed by atoms with E-state index in [0.717, 1.165) is 16.5 Å². The molecule has 2 aromatic heterocycles. The van der Waals surface area contributed by atoms with Crippen molar-refractivity contribution < 1.29 is 9.52 Å². The fourth-order valence-corrected chi connectivity index (χ4v) is 3.33. The van der Waals surface area contributed by atoms with E-state index in [1.54, 1.807) is 26.0 Å². The Morgan fingerprint density at radius 1 is 1.24 bits per heavy atom. The molecule has 3 N–H and O–H groups in total. The first-order valence-electron chi connectivity index (χ1n) is 9.02. The Labute approximate surface area is 172 Å². The summed E-state index contributed by atoms with van der Waals surface area (Å²) in [5.74, 6) is 0.573. The number of nitrogens with zero attached hydrogens (tertiary/aromatic N) is 3. The molecule has 0 amide bonds. The molecule has 0 saturated heterocycles. The van der Waals surface area contributed by atoms with Crippen LogP contribution in [0.4, 0.5) is 5.69 Å². The van der Waals surface area contributed by atoms with Crippen molar-refractivity contribution >= 4 is 28.2 Å². The van der Waals surface area contributed by atoms with E-state index >= 15 is 0 Å². The molecule has 0 saturated carbocycles. The van der Waals surface area contributed by atoms with Crippen LogP contribution in [0, 0.1) is 18.3 Å². The van der Waals surface area contributed by atoms with Crippen LogP contribution in [0.15, 0.2) is 47.0 Å². The SMILES string of the molecule is Cc1c(Cl)ccc(N[C@@H](c2nnc(-c3ccc4[nH]ccc4c3)o2)[C@H](C)O)c1C#N. The molecule has 2 aromatic carbocycles. The van der Waals surface area contributed by atoms with Crippen molar-refractivity contribution in [1.82, 2.24) is 15.2 Å². The summed E-state index contributed by atoms with van der Waals surface area (Å²) in [6.07, 6.45) is 1.01. The van der Waals surface area contributed by atoms with Crippen LogP contribution in [-0.4, -0.2) is 26.4 Å². The number of hydrogen-bond donors (Lipinski definition) is 3. The topological polar surface area (TPSA) is 111 Å². The van der Waals surface area contributed by atoms with E-state index in [1.807, 2.05) is 30.5 Å². The lowest BCUT2D eigenvalue weighted by Gasteiger charge is -2.20. The molecule has 4 aromatic rings. The number of rotatable bonds is 5. The number of aliphatic hydroxyl groups excluding tert-OH is 1. The highest BCUT2D eigenvalue weighted by Gasteiger charge is 2.25. The minimum atomic E-state index is -0.849. The van der Waals surface area contributed by atoms with Gasteiger partial charge in [0, 0.05) is 27.7 Å². The van der Waals surface area contributed by atoms with Gasteiger partial charge in [0.15, 0.2) is 0 Å². The number of aromatic nitrogens is 3. The zero-order valence-corrected chi connectivity index (χ0v) is 16.5. The third-order valence-corrected chi connectivity index (χ3v) is 5.22. The van der Waals surface area contributed by atoms with Crippen LogP contribution in [0.3, 0.4) is 0 Å². The van der Waals surface area contributed by atoms with E-state index in [0.29, 0.717) is 27.7 Å². The Morgan fingerprint density at radius 2 is 2.07 bits per heavy atom. The number of nitriles is 1. The number of hydrogen-bond acceptors (Lipinski definition) is 6. The van der Waals surface area contributed by atoms with E-state index < -0.39 is 12.1 Å². The van der Waals surface area contributed by atoms with Crippen molar-refractivity contribution in [3.05, 3.63) is 64.6 Å². The maximum Gasteiger partial charge on any atom is 0.247 e. The number of halogens is 1. The second-order valence-electron chi connectivity index (χ2n) is 6.79. The molecule has 7 nitrogen and oxygen atoms in total. The van der Waals surface area contributed by atoms with Gasteiger partial charge in [0.1, 0.15) is 12.1 Å². The van der Waals surface area contributed by atoms with Gasteiger partial charge < -0.3 is 19.8 Å². The van der Waals surface area contributed by atoms with Crippen molar-refractivity contribution in [3.63, 3.8) is 0 Å². The van der Waals surface area contributed by atoms with Crippen molar-refractivity contribution in [2.45, 2.75) is 26.0 Å². The molecule has 2 atom stereocenters. The van der Waals surface area contributed by atoms with E-state index in [2.05, 4.69) is 26.6 Å². The largest absolute Gasteiger partial charge is 0.418 e. The molecule has 0 aliphatic heterocycles. The van der Waals surface area contributed by atoms with E-state index in [1.165, 1.54) is 0 Å². The number of aliphatic hydroxyl groups is 1. The molecule has 0 fully saturated rings. The average molecular weight is 408 g/mol. The van der Waals surface area contributed by atoms with E-state index in [9.17, 15) is 10.4 Å². The molecule has 29 heavy (non-hydrogen) atoms. The van der Waals surface area contributed by atoms with Gasteiger partial charge in [-0.25, -0.2) is 0 Å². The van der Waals surface area contributed by atoms with Gasteiger partial charge in [0.2, 0.25) is 11.8 Å². The van der Waals surface area contributed by atoms with Gasteiger partial charge >= 0.3 is 0 Å². The number of anilines is 1. The average Bonchev–Trinajstić information content (AvgIpc) is 3.37. The highest BCUT2D eigenvalue weighted by Crippen LogP contribution is 2.31. The molecule has 0 spiro atoms. The first-order valence-corrected chi connectivity index (χ1v) is 9.40. The zero-order chi connectivity index (χ0) is 20.5. The predicted octanol–water partition coefficient (Wildman–Crippen LogP) is 4.59. The molecular weight excluding hydrogens is 390 g/mol. The fraction of sp³-hybridized carbons (Fsp3) is 0.190. The van der Waals surface area contributed by atoms with Crippen LogP contribution < -0.4 is 5.32 Å². The van der Waals surface area contributed by atoms with E-state index in [4.69, 9.17) is 16.0 Å².